The van der Waals surface area contributed by atoms with Gasteiger partial charge in [-0.05, 0) is 61.7 Å². The fourth-order valence-corrected chi connectivity index (χ4v) is 4.14. The lowest BCUT2D eigenvalue weighted by molar-refractivity contribution is -0.0630. The average molecular weight is 421 g/mol. The summed E-state index contributed by atoms with van der Waals surface area (Å²) in [6.07, 6.45) is 2.09. The minimum Gasteiger partial charge on any atom is -0.492 e. The lowest BCUT2D eigenvalue weighted by Crippen LogP contribution is -2.43. The SMILES string of the molecule is CCOc1c(Br)cc(Br)cc1CNC1CCOC(C)(C)C1. The van der Waals surface area contributed by atoms with Gasteiger partial charge < -0.3 is 14.8 Å². The number of benzene rings is 1. The van der Waals surface area contributed by atoms with Gasteiger partial charge in [-0.2, -0.15) is 0 Å². The molecule has 118 valence electrons. The van der Waals surface area contributed by atoms with Gasteiger partial charge in [0.15, 0.2) is 0 Å². The average Bonchev–Trinajstić information content (AvgIpc) is 2.39. The Kier molecular flexibility index (Phi) is 6.12. The van der Waals surface area contributed by atoms with Gasteiger partial charge in [0.25, 0.3) is 0 Å². The molecule has 1 saturated heterocycles. The second-order valence-corrected chi connectivity index (χ2v) is 7.76. The molecule has 1 atom stereocenters. The van der Waals surface area contributed by atoms with Crippen LogP contribution in [0.1, 0.15) is 39.2 Å². The van der Waals surface area contributed by atoms with Gasteiger partial charge in [0, 0.05) is 29.2 Å². The van der Waals surface area contributed by atoms with Gasteiger partial charge in [-0.3, -0.25) is 0 Å². The van der Waals surface area contributed by atoms with Crippen molar-refractivity contribution in [1.82, 2.24) is 5.32 Å². The normalized spacial score (nSPS) is 21.3. The molecule has 1 unspecified atom stereocenters. The summed E-state index contributed by atoms with van der Waals surface area (Å²) in [7, 11) is 0. The Bertz CT molecular complexity index is 491. The van der Waals surface area contributed by atoms with Crippen molar-refractivity contribution in [2.45, 2.75) is 51.8 Å². The van der Waals surface area contributed by atoms with Gasteiger partial charge in [-0.15, -0.1) is 0 Å². The third-order valence-corrected chi connectivity index (χ3v) is 4.70. The number of nitrogens with one attached hydrogen (secondary N) is 1. The topological polar surface area (TPSA) is 30.5 Å². The molecule has 1 aromatic carbocycles. The first-order valence-corrected chi connectivity index (χ1v) is 8.98. The quantitative estimate of drug-likeness (QED) is 0.751. The fraction of sp³-hybridized carbons (Fsp3) is 0.625. The van der Waals surface area contributed by atoms with E-state index in [9.17, 15) is 0 Å². The summed E-state index contributed by atoms with van der Waals surface area (Å²) in [5.74, 6) is 0.930. The Labute approximate surface area is 144 Å². The van der Waals surface area contributed by atoms with Crippen molar-refractivity contribution >= 4 is 31.9 Å². The second-order valence-electron chi connectivity index (χ2n) is 5.99. The van der Waals surface area contributed by atoms with Gasteiger partial charge in [0.2, 0.25) is 0 Å². The molecule has 1 aliphatic heterocycles. The van der Waals surface area contributed by atoms with Gasteiger partial charge in [0.05, 0.1) is 16.7 Å². The molecule has 1 aliphatic rings. The highest BCUT2D eigenvalue weighted by molar-refractivity contribution is 9.11. The summed E-state index contributed by atoms with van der Waals surface area (Å²) in [5, 5.41) is 3.65. The van der Waals surface area contributed by atoms with Crippen LogP contribution >= 0.6 is 31.9 Å². The lowest BCUT2D eigenvalue weighted by atomic mass is 9.94. The molecule has 5 heteroatoms. The Morgan fingerprint density at radius 1 is 1.38 bits per heavy atom. The van der Waals surface area contributed by atoms with E-state index in [1.807, 2.05) is 13.0 Å². The Balaban J connectivity index is 2.05. The summed E-state index contributed by atoms with van der Waals surface area (Å²) in [4.78, 5) is 0. The maximum absolute atomic E-state index is 5.77. The molecule has 0 aliphatic carbocycles. The van der Waals surface area contributed by atoms with Crippen LogP contribution < -0.4 is 10.1 Å². The Morgan fingerprint density at radius 2 is 2.14 bits per heavy atom. The van der Waals surface area contributed by atoms with Gasteiger partial charge >= 0.3 is 0 Å². The van der Waals surface area contributed by atoms with Crippen LogP contribution in [0, 0.1) is 0 Å². The van der Waals surface area contributed by atoms with Crippen molar-refractivity contribution in [2.24, 2.45) is 0 Å². The molecule has 0 saturated carbocycles. The van der Waals surface area contributed by atoms with Gasteiger partial charge in [0.1, 0.15) is 5.75 Å². The van der Waals surface area contributed by atoms with Crippen LogP contribution in [0.25, 0.3) is 0 Å². The maximum atomic E-state index is 5.77. The molecular weight excluding hydrogens is 398 g/mol. The molecule has 1 aromatic rings. The first-order valence-electron chi connectivity index (χ1n) is 7.39. The van der Waals surface area contributed by atoms with E-state index in [1.54, 1.807) is 0 Å². The molecule has 0 radical (unpaired) electrons. The molecule has 0 spiro atoms. The maximum Gasteiger partial charge on any atom is 0.138 e. The van der Waals surface area contributed by atoms with Crippen LogP contribution in [-0.4, -0.2) is 24.9 Å². The molecule has 0 bridgehead atoms. The summed E-state index contributed by atoms with van der Waals surface area (Å²) in [6.45, 7) is 8.60. The predicted octanol–water partition coefficient (Wildman–Crippen LogP) is 4.66. The number of rotatable bonds is 5. The number of hydrogen-bond donors (Lipinski definition) is 1. The fourth-order valence-electron chi connectivity index (χ4n) is 2.71. The minimum absolute atomic E-state index is 0.0312. The van der Waals surface area contributed by atoms with Crippen molar-refractivity contribution in [3.63, 3.8) is 0 Å². The monoisotopic (exact) mass is 419 g/mol. The molecule has 1 N–H and O–H groups in total. The molecule has 1 fully saturated rings. The highest BCUT2D eigenvalue weighted by Gasteiger charge is 2.28. The van der Waals surface area contributed by atoms with Crippen molar-refractivity contribution in [3.05, 3.63) is 26.6 Å². The highest BCUT2D eigenvalue weighted by atomic mass is 79.9. The molecule has 0 amide bonds. The van der Waals surface area contributed by atoms with Crippen LogP contribution in [0.4, 0.5) is 0 Å². The van der Waals surface area contributed by atoms with Crippen molar-refractivity contribution in [3.8, 4) is 5.75 Å². The zero-order valence-electron chi connectivity index (χ0n) is 12.8. The lowest BCUT2D eigenvalue weighted by Gasteiger charge is -2.36. The first kappa shape index (κ1) is 17.3. The van der Waals surface area contributed by atoms with Crippen molar-refractivity contribution in [2.75, 3.05) is 13.2 Å². The van der Waals surface area contributed by atoms with E-state index in [-0.39, 0.29) is 5.60 Å². The smallest absolute Gasteiger partial charge is 0.138 e. The second kappa shape index (κ2) is 7.44. The van der Waals surface area contributed by atoms with E-state index < -0.39 is 0 Å². The third kappa shape index (κ3) is 4.95. The van der Waals surface area contributed by atoms with Crippen LogP contribution in [-0.2, 0) is 11.3 Å². The van der Waals surface area contributed by atoms with Gasteiger partial charge in [-0.1, -0.05) is 15.9 Å². The van der Waals surface area contributed by atoms with E-state index in [0.29, 0.717) is 12.6 Å². The third-order valence-electron chi connectivity index (χ3n) is 3.65. The van der Waals surface area contributed by atoms with E-state index in [1.165, 1.54) is 5.56 Å². The van der Waals surface area contributed by atoms with E-state index in [4.69, 9.17) is 9.47 Å². The zero-order chi connectivity index (χ0) is 15.5. The van der Waals surface area contributed by atoms with Crippen LogP contribution in [0.5, 0.6) is 5.75 Å². The van der Waals surface area contributed by atoms with Crippen LogP contribution in [0.15, 0.2) is 21.1 Å². The summed E-state index contributed by atoms with van der Waals surface area (Å²) in [6, 6.07) is 4.63. The number of ether oxygens (including phenoxy) is 2. The minimum atomic E-state index is -0.0312. The van der Waals surface area contributed by atoms with Crippen molar-refractivity contribution in [1.29, 1.82) is 0 Å². The molecule has 3 nitrogen and oxygen atoms in total. The molecule has 21 heavy (non-hydrogen) atoms. The zero-order valence-corrected chi connectivity index (χ0v) is 16.0. The summed E-state index contributed by atoms with van der Waals surface area (Å²) >= 11 is 7.13. The molecular formula is C16H23Br2NO2. The summed E-state index contributed by atoms with van der Waals surface area (Å²) in [5.41, 5.74) is 1.14. The first-order chi connectivity index (χ1) is 9.91. The van der Waals surface area contributed by atoms with E-state index >= 15 is 0 Å². The Morgan fingerprint density at radius 3 is 2.81 bits per heavy atom. The molecule has 0 aromatic heterocycles. The standard InChI is InChI=1S/C16H23Br2NO2/c1-4-20-15-11(7-12(17)8-14(15)18)10-19-13-5-6-21-16(2,3)9-13/h7-8,13,19H,4-6,9-10H2,1-3H3. The van der Waals surface area contributed by atoms with Crippen LogP contribution in [0.2, 0.25) is 0 Å². The van der Waals surface area contributed by atoms with Gasteiger partial charge in [-0.25, -0.2) is 0 Å². The van der Waals surface area contributed by atoms with E-state index in [0.717, 1.165) is 40.7 Å². The van der Waals surface area contributed by atoms with E-state index in [2.05, 4.69) is 57.1 Å². The Hall–Kier alpha value is -0.100. The number of hydrogen-bond acceptors (Lipinski definition) is 3. The van der Waals surface area contributed by atoms with Crippen molar-refractivity contribution < 1.29 is 9.47 Å². The predicted molar refractivity (Wildman–Crippen MR) is 92.9 cm³/mol. The largest absolute Gasteiger partial charge is 0.492 e. The number of halogens is 2. The molecule has 1 heterocycles. The molecule has 2 rings (SSSR count). The van der Waals surface area contributed by atoms with Crippen LogP contribution in [0.3, 0.4) is 0 Å². The summed E-state index contributed by atoms with van der Waals surface area (Å²) < 4.78 is 13.6. The highest BCUT2D eigenvalue weighted by Crippen LogP contribution is 2.33.